The normalized spacial score (nSPS) is 12.9. The van der Waals surface area contributed by atoms with Crippen LogP contribution < -0.4 is 10.0 Å². The topological polar surface area (TPSA) is 102 Å². The molecule has 2 aromatic carbocycles. The van der Waals surface area contributed by atoms with E-state index >= 15 is 0 Å². The van der Waals surface area contributed by atoms with E-state index < -0.39 is 34.8 Å². The number of anilines is 2. The van der Waals surface area contributed by atoms with Crippen molar-refractivity contribution < 1.29 is 34.8 Å². The fourth-order valence-electron chi connectivity index (χ4n) is 4.59. The molecule has 0 amide bonds. The number of alkyl halides is 6. The van der Waals surface area contributed by atoms with Gasteiger partial charge in [-0.1, -0.05) is 6.07 Å². The van der Waals surface area contributed by atoms with E-state index in [4.69, 9.17) is 0 Å². The summed E-state index contributed by atoms with van der Waals surface area (Å²) in [6.45, 7) is 0.292. The summed E-state index contributed by atoms with van der Waals surface area (Å²) in [6, 6.07) is 12.5. The van der Waals surface area contributed by atoms with Gasteiger partial charge in [0.25, 0.3) is 0 Å². The number of hydrogen-bond acceptors (Lipinski definition) is 6. The lowest BCUT2D eigenvalue weighted by Gasteiger charge is -2.23. The summed E-state index contributed by atoms with van der Waals surface area (Å²) in [5.74, 6) is -3.13. The van der Waals surface area contributed by atoms with Gasteiger partial charge in [0.15, 0.2) is 5.92 Å². The summed E-state index contributed by atoms with van der Waals surface area (Å²) in [4.78, 5) is 9.00. The van der Waals surface area contributed by atoms with Crippen LogP contribution in [0.15, 0.2) is 72.0 Å². The van der Waals surface area contributed by atoms with Crippen LogP contribution in [-0.2, 0) is 16.6 Å². The number of rotatable bonds is 7. The predicted octanol–water partition coefficient (Wildman–Crippen LogP) is 6.35. The van der Waals surface area contributed by atoms with Gasteiger partial charge in [-0.25, -0.2) is 18.1 Å². The maximum absolute atomic E-state index is 13.2. The van der Waals surface area contributed by atoms with Crippen LogP contribution in [0.25, 0.3) is 32.9 Å². The molecule has 0 atom stereocenters. The third-order valence-corrected chi connectivity index (χ3v) is 8.28. The van der Waals surface area contributed by atoms with E-state index in [0.29, 0.717) is 43.8 Å². The zero-order valence-electron chi connectivity index (χ0n) is 21.9. The van der Waals surface area contributed by atoms with E-state index in [-0.39, 0.29) is 10.4 Å². The molecule has 0 bridgehead atoms. The first-order chi connectivity index (χ1) is 19.7. The minimum Gasteiger partial charge on any atom is -0.340 e. The maximum Gasteiger partial charge on any atom is 0.402 e. The van der Waals surface area contributed by atoms with E-state index in [2.05, 4.69) is 25.1 Å². The first-order valence-corrected chi connectivity index (χ1v) is 13.8. The highest BCUT2D eigenvalue weighted by Gasteiger charge is 2.56. The van der Waals surface area contributed by atoms with Crippen LogP contribution in [0.1, 0.15) is 5.56 Å². The monoisotopic (exact) mass is 608 g/mol. The molecule has 5 aromatic rings. The van der Waals surface area contributed by atoms with Crippen LogP contribution in [0.4, 0.5) is 37.8 Å². The van der Waals surface area contributed by atoms with Crippen LogP contribution in [0.5, 0.6) is 0 Å². The average molecular weight is 609 g/mol. The Labute approximate surface area is 235 Å². The van der Waals surface area contributed by atoms with Crippen LogP contribution in [0.3, 0.4) is 0 Å². The van der Waals surface area contributed by atoms with Gasteiger partial charge >= 0.3 is 12.4 Å². The number of halogens is 6. The van der Waals surface area contributed by atoms with Crippen LogP contribution in [0, 0.1) is 12.8 Å². The quantitative estimate of drug-likeness (QED) is 0.209. The number of sulfonamides is 1. The van der Waals surface area contributed by atoms with Crippen molar-refractivity contribution in [2.45, 2.75) is 30.7 Å². The maximum atomic E-state index is 13.2. The Bertz CT molecular complexity index is 1870. The zero-order chi connectivity index (χ0) is 30.4. The standard InChI is InChI=1S/C27H22F6N6O2S/c1-15-19(7-8-22-21(15)13-37-39(22)14-23(26(28,29)30)27(31,32)33)25-20-11-24(36-12-16(20)9-10-35-25)38-17-3-5-18(6-4-17)42(40,41)34-2/h3-13,23,34H,14H2,1-2H3,(H,36,38). The van der Waals surface area contributed by atoms with Gasteiger partial charge in [-0.05, 0) is 62.0 Å². The third kappa shape index (κ3) is 5.61. The molecule has 42 heavy (non-hydrogen) atoms. The number of fused-ring (bicyclic) bond motifs is 2. The lowest BCUT2D eigenvalue weighted by atomic mass is 9.98. The summed E-state index contributed by atoms with van der Waals surface area (Å²) in [5.41, 5.74) is 2.40. The van der Waals surface area contributed by atoms with Gasteiger partial charge in [0.2, 0.25) is 10.0 Å². The highest BCUT2D eigenvalue weighted by Crippen LogP contribution is 2.41. The molecule has 0 aliphatic rings. The number of pyridine rings is 2. The molecule has 0 spiro atoms. The molecule has 3 aromatic heterocycles. The van der Waals surface area contributed by atoms with E-state index in [0.717, 1.165) is 5.39 Å². The summed E-state index contributed by atoms with van der Waals surface area (Å²) >= 11 is 0. The van der Waals surface area contributed by atoms with Crippen LogP contribution in [0.2, 0.25) is 0 Å². The molecule has 15 heteroatoms. The van der Waals surface area contributed by atoms with Gasteiger partial charge < -0.3 is 5.32 Å². The van der Waals surface area contributed by atoms with Gasteiger partial charge in [0.1, 0.15) is 5.82 Å². The second kappa shape index (κ2) is 10.5. The van der Waals surface area contributed by atoms with Gasteiger partial charge in [-0.3, -0.25) is 9.67 Å². The summed E-state index contributed by atoms with van der Waals surface area (Å²) in [6.07, 6.45) is -6.54. The van der Waals surface area contributed by atoms with Crippen molar-refractivity contribution in [2.24, 2.45) is 5.92 Å². The predicted molar refractivity (Wildman–Crippen MR) is 145 cm³/mol. The van der Waals surface area contributed by atoms with Crippen molar-refractivity contribution >= 4 is 43.2 Å². The summed E-state index contributed by atoms with van der Waals surface area (Å²) in [7, 11) is -2.28. The Hall–Kier alpha value is -4.24. The fraction of sp³-hybridized carbons (Fsp3) is 0.222. The highest BCUT2D eigenvalue weighted by molar-refractivity contribution is 7.89. The number of nitrogens with zero attached hydrogens (tertiary/aromatic N) is 4. The molecule has 0 saturated carbocycles. The Morgan fingerprint density at radius 3 is 2.24 bits per heavy atom. The molecule has 3 heterocycles. The van der Waals surface area contributed by atoms with Gasteiger partial charge in [0, 0.05) is 39.8 Å². The van der Waals surface area contributed by atoms with Crippen molar-refractivity contribution in [1.29, 1.82) is 0 Å². The van der Waals surface area contributed by atoms with Crippen LogP contribution in [-0.4, -0.2) is 47.6 Å². The Morgan fingerprint density at radius 1 is 0.905 bits per heavy atom. The number of benzene rings is 2. The minimum absolute atomic E-state index is 0.0926. The number of nitrogens with one attached hydrogen (secondary N) is 2. The first-order valence-electron chi connectivity index (χ1n) is 12.3. The van der Waals surface area contributed by atoms with Crippen molar-refractivity contribution in [2.75, 3.05) is 12.4 Å². The Kier molecular flexibility index (Phi) is 7.35. The molecule has 0 fully saturated rings. The molecular weight excluding hydrogens is 586 g/mol. The first kappa shape index (κ1) is 29.3. The van der Waals surface area contributed by atoms with E-state index in [1.165, 1.54) is 31.4 Å². The Balaban J connectivity index is 1.50. The largest absolute Gasteiger partial charge is 0.402 e. The molecule has 220 valence electrons. The number of hydrogen-bond donors (Lipinski definition) is 2. The fourth-order valence-corrected chi connectivity index (χ4v) is 5.32. The molecule has 2 N–H and O–H groups in total. The minimum atomic E-state index is -5.48. The molecular formula is C27H22F6N6O2S. The number of aryl methyl sites for hydroxylation is 1. The highest BCUT2D eigenvalue weighted by atomic mass is 32.2. The van der Waals surface area contributed by atoms with Crippen LogP contribution >= 0.6 is 0 Å². The van der Waals surface area contributed by atoms with E-state index in [9.17, 15) is 34.8 Å². The van der Waals surface area contributed by atoms with Crippen molar-refractivity contribution in [3.05, 3.63) is 72.7 Å². The third-order valence-electron chi connectivity index (χ3n) is 6.85. The smallest absolute Gasteiger partial charge is 0.340 e. The molecule has 0 aliphatic carbocycles. The van der Waals surface area contributed by atoms with Crippen molar-refractivity contribution in [3.63, 3.8) is 0 Å². The van der Waals surface area contributed by atoms with Crippen molar-refractivity contribution in [3.8, 4) is 11.3 Å². The molecule has 0 unspecified atom stereocenters. The van der Waals surface area contributed by atoms with Gasteiger partial charge in [-0.15, -0.1) is 0 Å². The van der Waals surface area contributed by atoms with Crippen molar-refractivity contribution in [1.82, 2.24) is 24.5 Å². The molecule has 0 saturated heterocycles. The molecule has 0 radical (unpaired) electrons. The second-order valence-corrected chi connectivity index (χ2v) is 11.3. The lowest BCUT2D eigenvalue weighted by Crippen LogP contribution is -2.39. The molecule has 0 aliphatic heterocycles. The SMILES string of the molecule is CNS(=O)(=O)c1ccc(Nc2cc3c(-c4ccc5c(cnn5CC(C(F)(F)F)C(F)(F)F)c4C)nccc3cn2)cc1. The van der Waals surface area contributed by atoms with E-state index in [1.54, 1.807) is 49.6 Å². The second-order valence-electron chi connectivity index (χ2n) is 9.44. The van der Waals surface area contributed by atoms with Gasteiger partial charge in [-0.2, -0.15) is 31.4 Å². The average Bonchev–Trinajstić information content (AvgIpc) is 3.34. The lowest BCUT2D eigenvalue weighted by molar-refractivity contribution is -0.287. The molecule has 5 rings (SSSR count). The summed E-state index contributed by atoms with van der Waals surface area (Å²) < 4.78 is 106. The van der Waals surface area contributed by atoms with Gasteiger partial charge in [0.05, 0.1) is 28.8 Å². The molecule has 8 nitrogen and oxygen atoms in total. The zero-order valence-corrected chi connectivity index (χ0v) is 22.7. The summed E-state index contributed by atoms with van der Waals surface area (Å²) in [5, 5.41) is 8.75. The number of aromatic nitrogens is 4. The Morgan fingerprint density at radius 2 is 1.60 bits per heavy atom. The van der Waals surface area contributed by atoms with E-state index in [1.807, 2.05) is 0 Å².